The smallest absolute Gasteiger partial charge is 0.0587 e. The highest BCUT2D eigenvalue weighted by Crippen LogP contribution is 2.43. The first-order valence-electron chi connectivity index (χ1n) is 8.26. The summed E-state index contributed by atoms with van der Waals surface area (Å²) in [4.78, 5) is 0. The van der Waals surface area contributed by atoms with Crippen LogP contribution in [0.2, 0.25) is 0 Å². The number of hydrogen-bond donors (Lipinski definition) is 2. The maximum atomic E-state index is 9.64. The molecule has 0 spiro atoms. The van der Waals surface area contributed by atoms with Crippen molar-refractivity contribution in [3.05, 3.63) is 35.9 Å². The van der Waals surface area contributed by atoms with Crippen molar-refractivity contribution >= 4 is 0 Å². The molecule has 2 fully saturated rings. The highest BCUT2D eigenvalue weighted by Gasteiger charge is 2.34. The molecule has 2 N–H and O–H groups in total. The third-order valence-corrected chi connectivity index (χ3v) is 5.02. The van der Waals surface area contributed by atoms with Gasteiger partial charge in [-0.2, -0.15) is 0 Å². The molecule has 1 aromatic carbocycles. The van der Waals surface area contributed by atoms with Gasteiger partial charge in [0.1, 0.15) is 0 Å². The Labute approximate surface area is 122 Å². The molecule has 2 unspecified atom stereocenters. The van der Waals surface area contributed by atoms with E-state index in [1.807, 2.05) is 6.07 Å². The number of rotatable bonds is 6. The lowest BCUT2D eigenvalue weighted by atomic mass is 9.82. The molecular weight excluding hydrogens is 246 g/mol. The quantitative estimate of drug-likeness (QED) is 0.834. The van der Waals surface area contributed by atoms with Crippen LogP contribution in [0.1, 0.15) is 44.1 Å². The minimum absolute atomic E-state index is 0.209. The third-order valence-electron chi connectivity index (χ3n) is 5.02. The summed E-state index contributed by atoms with van der Waals surface area (Å²) in [5, 5.41) is 13.4. The van der Waals surface area contributed by atoms with Crippen LogP contribution in [0.25, 0.3) is 0 Å². The fourth-order valence-corrected chi connectivity index (χ4v) is 3.78. The summed E-state index contributed by atoms with van der Waals surface area (Å²) in [6.07, 6.45) is 9.27. The van der Waals surface area contributed by atoms with Crippen LogP contribution in [0.15, 0.2) is 30.3 Å². The van der Waals surface area contributed by atoms with Gasteiger partial charge in [-0.1, -0.05) is 43.2 Å². The largest absolute Gasteiger partial charge is 0.395 e. The van der Waals surface area contributed by atoms with Crippen LogP contribution in [0, 0.1) is 11.8 Å². The molecule has 0 heterocycles. The molecular formula is C18H27NO. The average molecular weight is 273 g/mol. The first-order chi connectivity index (χ1) is 9.85. The Kier molecular flexibility index (Phi) is 4.74. The number of benzene rings is 1. The monoisotopic (exact) mass is 273 g/mol. The van der Waals surface area contributed by atoms with Crippen LogP contribution >= 0.6 is 0 Å². The van der Waals surface area contributed by atoms with Crippen LogP contribution in [0.3, 0.4) is 0 Å². The maximum absolute atomic E-state index is 9.64. The molecule has 2 saturated carbocycles. The van der Waals surface area contributed by atoms with Gasteiger partial charge in [-0.25, -0.2) is 0 Å². The molecule has 110 valence electrons. The van der Waals surface area contributed by atoms with Crippen molar-refractivity contribution in [2.45, 2.75) is 57.0 Å². The average Bonchev–Trinajstić information content (AvgIpc) is 3.33. The molecule has 2 aliphatic rings. The van der Waals surface area contributed by atoms with E-state index in [2.05, 4.69) is 29.6 Å². The van der Waals surface area contributed by atoms with E-state index in [9.17, 15) is 5.11 Å². The molecule has 0 radical (unpaired) electrons. The van der Waals surface area contributed by atoms with Gasteiger partial charge in [-0.05, 0) is 49.5 Å². The molecule has 3 rings (SSSR count). The van der Waals surface area contributed by atoms with Crippen molar-refractivity contribution in [1.29, 1.82) is 0 Å². The Morgan fingerprint density at radius 1 is 1.05 bits per heavy atom. The molecule has 3 atom stereocenters. The molecule has 20 heavy (non-hydrogen) atoms. The summed E-state index contributed by atoms with van der Waals surface area (Å²) < 4.78 is 0. The van der Waals surface area contributed by atoms with Crippen molar-refractivity contribution in [1.82, 2.24) is 5.32 Å². The van der Waals surface area contributed by atoms with E-state index in [1.165, 1.54) is 44.1 Å². The first-order valence-corrected chi connectivity index (χ1v) is 8.26. The van der Waals surface area contributed by atoms with Crippen LogP contribution in [0.4, 0.5) is 0 Å². The van der Waals surface area contributed by atoms with Gasteiger partial charge in [0.25, 0.3) is 0 Å². The summed E-state index contributed by atoms with van der Waals surface area (Å²) in [6, 6.07) is 11.3. The summed E-state index contributed by atoms with van der Waals surface area (Å²) >= 11 is 0. The molecule has 0 bridgehead atoms. The first kappa shape index (κ1) is 14.1. The predicted octanol–water partition coefficient (Wildman–Crippen LogP) is 3.15. The van der Waals surface area contributed by atoms with E-state index in [-0.39, 0.29) is 12.6 Å². The van der Waals surface area contributed by atoms with Crippen LogP contribution < -0.4 is 5.32 Å². The summed E-state index contributed by atoms with van der Waals surface area (Å²) in [5.41, 5.74) is 1.31. The minimum Gasteiger partial charge on any atom is -0.395 e. The second-order valence-electron chi connectivity index (χ2n) is 6.70. The lowest BCUT2D eigenvalue weighted by molar-refractivity contribution is 0.196. The molecule has 2 heteroatoms. The number of nitrogens with one attached hydrogen (secondary N) is 1. The zero-order valence-electron chi connectivity index (χ0n) is 12.3. The lowest BCUT2D eigenvalue weighted by Crippen LogP contribution is -2.44. The fraction of sp³-hybridized carbons (Fsp3) is 0.667. The van der Waals surface area contributed by atoms with Gasteiger partial charge in [-0.3, -0.25) is 0 Å². The van der Waals surface area contributed by atoms with E-state index < -0.39 is 0 Å². The minimum atomic E-state index is 0.209. The molecule has 0 amide bonds. The zero-order valence-corrected chi connectivity index (χ0v) is 12.3. The number of aliphatic hydroxyl groups excluding tert-OH is 1. The van der Waals surface area contributed by atoms with Crippen molar-refractivity contribution in [2.24, 2.45) is 11.8 Å². The van der Waals surface area contributed by atoms with Crippen molar-refractivity contribution in [3.8, 4) is 0 Å². The van der Waals surface area contributed by atoms with Crippen molar-refractivity contribution in [2.75, 3.05) is 6.61 Å². The summed E-state index contributed by atoms with van der Waals surface area (Å²) in [5.74, 6) is 1.98. The second-order valence-corrected chi connectivity index (χ2v) is 6.70. The lowest BCUT2D eigenvalue weighted by Gasteiger charge is -2.32. The van der Waals surface area contributed by atoms with Gasteiger partial charge in [-0.15, -0.1) is 0 Å². The second kappa shape index (κ2) is 6.73. The Morgan fingerprint density at radius 2 is 1.85 bits per heavy atom. The van der Waals surface area contributed by atoms with Crippen molar-refractivity contribution < 1.29 is 5.11 Å². The maximum Gasteiger partial charge on any atom is 0.0587 e. The Balaban J connectivity index is 1.51. The van der Waals surface area contributed by atoms with Crippen LogP contribution in [-0.2, 0) is 6.42 Å². The molecule has 2 nitrogen and oxygen atoms in total. The van der Waals surface area contributed by atoms with E-state index in [4.69, 9.17) is 0 Å². The molecule has 2 aliphatic carbocycles. The Bertz CT molecular complexity index is 401. The van der Waals surface area contributed by atoms with Gasteiger partial charge in [0.15, 0.2) is 0 Å². The molecule has 0 saturated heterocycles. The van der Waals surface area contributed by atoms with Crippen molar-refractivity contribution in [3.63, 3.8) is 0 Å². The predicted molar refractivity (Wildman–Crippen MR) is 82.6 cm³/mol. The Morgan fingerprint density at radius 3 is 2.55 bits per heavy atom. The van der Waals surface area contributed by atoms with Crippen LogP contribution in [0.5, 0.6) is 0 Å². The topological polar surface area (TPSA) is 32.3 Å². The highest BCUT2D eigenvalue weighted by atomic mass is 16.3. The normalized spacial score (nSPS) is 28.2. The van der Waals surface area contributed by atoms with E-state index in [1.54, 1.807) is 0 Å². The fourth-order valence-electron chi connectivity index (χ4n) is 3.78. The molecule has 1 aromatic rings. The third kappa shape index (κ3) is 3.83. The van der Waals surface area contributed by atoms with Gasteiger partial charge in [0.05, 0.1) is 6.61 Å². The number of aliphatic hydroxyl groups is 1. The summed E-state index contributed by atoms with van der Waals surface area (Å²) in [7, 11) is 0. The van der Waals surface area contributed by atoms with Gasteiger partial charge >= 0.3 is 0 Å². The van der Waals surface area contributed by atoms with E-state index >= 15 is 0 Å². The van der Waals surface area contributed by atoms with E-state index in [0.717, 1.165) is 18.3 Å². The van der Waals surface area contributed by atoms with Gasteiger partial charge in [0.2, 0.25) is 0 Å². The SMILES string of the molecule is OC[C@H](Cc1ccccc1)NC1CCCC(C2CC2)C1. The van der Waals surface area contributed by atoms with Gasteiger partial charge in [0, 0.05) is 12.1 Å². The highest BCUT2D eigenvalue weighted by molar-refractivity contribution is 5.16. The summed E-state index contributed by atoms with van der Waals surface area (Å²) in [6.45, 7) is 0.236. The van der Waals surface area contributed by atoms with Crippen LogP contribution in [-0.4, -0.2) is 23.8 Å². The zero-order chi connectivity index (χ0) is 13.8. The standard InChI is InChI=1S/C18H27NO/c20-13-18(11-14-5-2-1-3-6-14)19-17-8-4-7-16(12-17)15-9-10-15/h1-3,5-6,15-20H,4,7-13H2/t16?,17?,18-/m0/s1. The van der Waals surface area contributed by atoms with E-state index in [0.29, 0.717) is 6.04 Å². The Hall–Kier alpha value is -0.860. The molecule has 0 aliphatic heterocycles. The number of hydrogen-bond acceptors (Lipinski definition) is 2. The molecule has 0 aromatic heterocycles. The van der Waals surface area contributed by atoms with Gasteiger partial charge < -0.3 is 10.4 Å².